The number of thiocarbonyl (C=S) groups is 1. The molecule has 0 aliphatic rings. The zero-order valence-corrected chi connectivity index (χ0v) is 10.4. The highest BCUT2D eigenvalue weighted by atomic mass is 32.1. The van der Waals surface area contributed by atoms with Crippen LogP contribution in [0.2, 0.25) is 0 Å². The number of nitrogen functional groups attached to an aromatic ring is 1. The number of rotatable bonds is 5. The standard InChI is InChI=1S/C12H17N3OS/c1-2-6-14-12(17)15-7-5-9-3-4-11(16)10(13)8-9/h2-4,8,16H,1,5-7,13H2,(H2,14,15,17). The number of aromatic hydroxyl groups is 1. The molecule has 0 heterocycles. The fraction of sp³-hybridized carbons (Fsp3) is 0.250. The van der Waals surface area contributed by atoms with E-state index in [4.69, 9.17) is 18.0 Å². The molecule has 0 bridgehead atoms. The summed E-state index contributed by atoms with van der Waals surface area (Å²) in [6.45, 7) is 4.96. The van der Waals surface area contributed by atoms with Gasteiger partial charge in [-0.2, -0.15) is 0 Å². The van der Waals surface area contributed by atoms with Gasteiger partial charge in [0.05, 0.1) is 5.69 Å². The van der Waals surface area contributed by atoms with Crippen molar-refractivity contribution in [2.75, 3.05) is 18.8 Å². The molecule has 0 aromatic heterocycles. The van der Waals surface area contributed by atoms with Crippen LogP contribution in [-0.2, 0) is 6.42 Å². The highest BCUT2D eigenvalue weighted by Gasteiger charge is 1.99. The van der Waals surface area contributed by atoms with E-state index in [2.05, 4.69) is 17.2 Å². The summed E-state index contributed by atoms with van der Waals surface area (Å²) < 4.78 is 0. The van der Waals surface area contributed by atoms with Gasteiger partial charge in [0.1, 0.15) is 5.75 Å². The van der Waals surface area contributed by atoms with Gasteiger partial charge in [0.2, 0.25) is 0 Å². The predicted molar refractivity (Wildman–Crippen MR) is 75.0 cm³/mol. The molecule has 0 fully saturated rings. The van der Waals surface area contributed by atoms with Gasteiger partial charge in [-0.15, -0.1) is 6.58 Å². The summed E-state index contributed by atoms with van der Waals surface area (Å²) >= 11 is 5.05. The van der Waals surface area contributed by atoms with Gasteiger partial charge in [-0.1, -0.05) is 12.1 Å². The van der Waals surface area contributed by atoms with Crippen molar-refractivity contribution in [3.05, 3.63) is 36.4 Å². The van der Waals surface area contributed by atoms with Crippen molar-refractivity contribution in [2.45, 2.75) is 6.42 Å². The first-order valence-corrected chi connectivity index (χ1v) is 5.74. The molecule has 17 heavy (non-hydrogen) atoms. The number of hydrogen-bond acceptors (Lipinski definition) is 3. The number of phenolic OH excluding ortho intramolecular Hbond substituents is 1. The fourth-order valence-electron chi connectivity index (χ4n) is 1.31. The summed E-state index contributed by atoms with van der Waals surface area (Å²) in [7, 11) is 0. The highest BCUT2D eigenvalue weighted by molar-refractivity contribution is 7.80. The van der Waals surface area contributed by atoms with E-state index < -0.39 is 0 Å². The summed E-state index contributed by atoms with van der Waals surface area (Å²) in [6.07, 6.45) is 2.54. The Morgan fingerprint density at radius 3 is 2.88 bits per heavy atom. The van der Waals surface area contributed by atoms with Crippen molar-refractivity contribution in [1.29, 1.82) is 0 Å². The van der Waals surface area contributed by atoms with Crippen LogP contribution in [0.15, 0.2) is 30.9 Å². The number of phenols is 1. The second-order valence-electron chi connectivity index (χ2n) is 3.57. The van der Waals surface area contributed by atoms with E-state index in [0.29, 0.717) is 23.9 Å². The van der Waals surface area contributed by atoms with Crippen molar-refractivity contribution >= 4 is 23.0 Å². The average molecular weight is 251 g/mol. The number of benzene rings is 1. The zero-order valence-electron chi connectivity index (χ0n) is 9.57. The molecule has 0 saturated carbocycles. The normalized spacial score (nSPS) is 9.65. The molecule has 0 aliphatic heterocycles. The van der Waals surface area contributed by atoms with Crippen LogP contribution in [0.4, 0.5) is 5.69 Å². The molecular formula is C12H17N3OS. The first kappa shape index (κ1) is 13.3. The molecule has 0 saturated heterocycles. The maximum atomic E-state index is 9.27. The third-order valence-electron chi connectivity index (χ3n) is 2.20. The lowest BCUT2D eigenvalue weighted by atomic mass is 10.1. The van der Waals surface area contributed by atoms with Gasteiger partial charge in [0.15, 0.2) is 5.11 Å². The van der Waals surface area contributed by atoms with Gasteiger partial charge in [-0.25, -0.2) is 0 Å². The van der Waals surface area contributed by atoms with Crippen LogP contribution >= 0.6 is 12.2 Å². The molecule has 4 nitrogen and oxygen atoms in total. The molecule has 1 aromatic carbocycles. The minimum Gasteiger partial charge on any atom is -0.506 e. The van der Waals surface area contributed by atoms with Crippen molar-refractivity contribution in [3.63, 3.8) is 0 Å². The van der Waals surface area contributed by atoms with Crippen molar-refractivity contribution < 1.29 is 5.11 Å². The van der Waals surface area contributed by atoms with Crippen LogP contribution in [0.1, 0.15) is 5.56 Å². The van der Waals surface area contributed by atoms with Crippen LogP contribution in [0.25, 0.3) is 0 Å². The van der Waals surface area contributed by atoms with Crippen molar-refractivity contribution in [2.24, 2.45) is 0 Å². The number of nitrogens with one attached hydrogen (secondary N) is 2. The van der Waals surface area contributed by atoms with Gasteiger partial charge in [0.25, 0.3) is 0 Å². The Kier molecular flexibility index (Phi) is 5.29. The Bertz CT molecular complexity index is 407. The molecule has 0 radical (unpaired) electrons. The average Bonchev–Trinajstić information content (AvgIpc) is 2.31. The van der Waals surface area contributed by atoms with E-state index in [1.165, 1.54) is 0 Å². The van der Waals surface area contributed by atoms with Crippen molar-refractivity contribution in [1.82, 2.24) is 10.6 Å². The molecule has 0 spiro atoms. The van der Waals surface area contributed by atoms with Crippen molar-refractivity contribution in [3.8, 4) is 5.75 Å². The van der Waals surface area contributed by atoms with Crippen LogP contribution < -0.4 is 16.4 Å². The summed E-state index contributed by atoms with van der Waals surface area (Å²) in [6, 6.07) is 5.20. The molecule has 1 rings (SSSR count). The topological polar surface area (TPSA) is 70.3 Å². The molecule has 0 unspecified atom stereocenters. The Hall–Kier alpha value is -1.75. The molecule has 0 atom stereocenters. The molecule has 92 valence electrons. The van der Waals surface area contributed by atoms with Crippen LogP contribution in [0.5, 0.6) is 5.75 Å². The Labute approximate surface area is 107 Å². The summed E-state index contributed by atoms with van der Waals surface area (Å²) in [5, 5.41) is 15.9. The highest BCUT2D eigenvalue weighted by Crippen LogP contribution is 2.20. The fourth-order valence-corrected chi connectivity index (χ4v) is 1.49. The molecule has 5 N–H and O–H groups in total. The summed E-state index contributed by atoms with van der Waals surface area (Å²) in [5.41, 5.74) is 7.05. The largest absolute Gasteiger partial charge is 0.506 e. The zero-order chi connectivity index (χ0) is 12.7. The van der Waals surface area contributed by atoms with E-state index in [9.17, 15) is 5.11 Å². The van der Waals surface area contributed by atoms with Gasteiger partial charge in [-0.3, -0.25) is 0 Å². The van der Waals surface area contributed by atoms with Gasteiger partial charge < -0.3 is 21.5 Å². The summed E-state index contributed by atoms with van der Waals surface area (Å²) in [4.78, 5) is 0. The third kappa shape index (κ3) is 4.74. The van der Waals surface area contributed by atoms with E-state index in [0.717, 1.165) is 12.0 Å². The second kappa shape index (κ2) is 6.75. The van der Waals surface area contributed by atoms with Crippen LogP contribution in [-0.4, -0.2) is 23.3 Å². The number of anilines is 1. The SMILES string of the molecule is C=CCNC(=S)NCCc1ccc(O)c(N)c1. The van der Waals surface area contributed by atoms with Gasteiger partial charge in [-0.05, 0) is 36.3 Å². The second-order valence-corrected chi connectivity index (χ2v) is 3.98. The maximum Gasteiger partial charge on any atom is 0.166 e. The van der Waals surface area contributed by atoms with Crippen LogP contribution in [0.3, 0.4) is 0 Å². The first-order valence-electron chi connectivity index (χ1n) is 5.33. The smallest absolute Gasteiger partial charge is 0.166 e. The minimum absolute atomic E-state index is 0.116. The molecule has 5 heteroatoms. The van der Waals surface area contributed by atoms with Gasteiger partial charge in [0, 0.05) is 13.1 Å². The first-order chi connectivity index (χ1) is 8.13. The van der Waals surface area contributed by atoms with Gasteiger partial charge >= 0.3 is 0 Å². The molecule has 1 aromatic rings. The van der Waals surface area contributed by atoms with E-state index >= 15 is 0 Å². The van der Waals surface area contributed by atoms with E-state index in [-0.39, 0.29) is 5.75 Å². The number of hydrogen-bond donors (Lipinski definition) is 4. The Balaban J connectivity index is 2.33. The lowest BCUT2D eigenvalue weighted by Crippen LogP contribution is -2.36. The predicted octanol–water partition coefficient (Wildman–Crippen LogP) is 1.17. The van der Waals surface area contributed by atoms with E-state index in [1.54, 1.807) is 18.2 Å². The minimum atomic E-state index is 0.116. The monoisotopic (exact) mass is 251 g/mol. The lowest BCUT2D eigenvalue weighted by molar-refractivity contribution is 0.478. The number of nitrogens with two attached hydrogens (primary N) is 1. The molecular weight excluding hydrogens is 234 g/mol. The Morgan fingerprint density at radius 2 is 2.24 bits per heavy atom. The van der Waals surface area contributed by atoms with E-state index in [1.807, 2.05) is 6.07 Å². The quantitative estimate of drug-likeness (QED) is 0.274. The maximum absolute atomic E-state index is 9.27. The summed E-state index contributed by atoms with van der Waals surface area (Å²) in [5.74, 6) is 0.116. The molecule has 0 aliphatic carbocycles. The lowest BCUT2D eigenvalue weighted by Gasteiger charge is -2.09. The van der Waals surface area contributed by atoms with Crippen LogP contribution in [0, 0.1) is 0 Å². The molecule has 0 amide bonds. The Morgan fingerprint density at radius 1 is 1.47 bits per heavy atom. The third-order valence-corrected chi connectivity index (χ3v) is 2.49.